The smallest absolute Gasteiger partial charge is 0.122 e. The summed E-state index contributed by atoms with van der Waals surface area (Å²) in [6.45, 7) is 5.25. The second kappa shape index (κ2) is 4.86. The molecule has 3 nitrogen and oxygen atoms in total. The van der Waals surface area contributed by atoms with E-state index in [9.17, 15) is 0 Å². The van der Waals surface area contributed by atoms with E-state index in [-0.39, 0.29) is 0 Å². The number of hydrogen-bond acceptors (Lipinski definition) is 3. The molecule has 0 spiro atoms. The SMILES string of the molecule is CCOc1ccc(N(C)CN)cc1C. The van der Waals surface area contributed by atoms with Gasteiger partial charge >= 0.3 is 0 Å². The van der Waals surface area contributed by atoms with Crippen LogP contribution in [0, 0.1) is 6.92 Å². The van der Waals surface area contributed by atoms with Crippen molar-refractivity contribution in [2.45, 2.75) is 13.8 Å². The molecule has 0 aromatic heterocycles. The van der Waals surface area contributed by atoms with Crippen LogP contribution in [-0.4, -0.2) is 20.3 Å². The Bertz CT molecular complexity index is 299. The van der Waals surface area contributed by atoms with Gasteiger partial charge in [-0.25, -0.2) is 0 Å². The summed E-state index contributed by atoms with van der Waals surface area (Å²) < 4.78 is 5.46. The van der Waals surface area contributed by atoms with Gasteiger partial charge in [0.05, 0.1) is 13.3 Å². The molecule has 0 atom stereocenters. The summed E-state index contributed by atoms with van der Waals surface area (Å²) in [5.41, 5.74) is 7.81. The van der Waals surface area contributed by atoms with Gasteiger partial charge in [-0.1, -0.05) is 0 Å². The van der Waals surface area contributed by atoms with E-state index in [0.717, 1.165) is 17.0 Å². The van der Waals surface area contributed by atoms with Gasteiger partial charge in [-0.2, -0.15) is 0 Å². The summed E-state index contributed by atoms with van der Waals surface area (Å²) in [7, 11) is 1.97. The average molecular weight is 194 g/mol. The first-order valence-corrected chi connectivity index (χ1v) is 4.83. The zero-order valence-electron chi connectivity index (χ0n) is 9.08. The molecule has 0 heterocycles. The molecular formula is C11H18N2O. The number of benzene rings is 1. The minimum Gasteiger partial charge on any atom is -0.494 e. The van der Waals surface area contributed by atoms with Gasteiger partial charge in [-0.3, -0.25) is 0 Å². The first kappa shape index (κ1) is 10.9. The largest absolute Gasteiger partial charge is 0.494 e. The van der Waals surface area contributed by atoms with Crippen molar-refractivity contribution in [3.8, 4) is 5.75 Å². The highest BCUT2D eigenvalue weighted by Gasteiger charge is 2.02. The molecule has 14 heavy (non-hydrogen) atoms. The van der Waals surface area contributed by atoms with Crippen molar-refractivity contribution >= 4 is 5.69 Å². The van der Waals surface area contributed by atoms with Crippen molar-refractivity contribution in [3.05, 3.63) is 23.8 Å². The van der Waals surface area contributed by atoms with E-state index >= 15 is 0 Å². The monoisotopic (exact) mass is 194 g/mol. The molecule has 0 amide bonds. The third kappa shape index (κ3) is 2.39. The lowest BCUT2D eigenvalue weighted by atomic mass is 10.2. The van der Waals surface area contributed by atoms with E-state index in [1.165, 1.54) is 0 Å². The summed E-state index contributed by atoms with van der Waals surface area (Å²) in [6.07, 6.45) is 0. The molecule has 1 rings (SSSR count). The lowest BCUT2D eigenvalue weighted by molar-refractivity contribution is 0.338. The van der Waals surface area contributed by atoms with Crippen LogP contribution in [0.25, 0.3) is 0 Å². The van der Waals surface area contributed by atoms with E-state index < -0.39 is 0 Å². The second-order valence-electron chi connectivity index (χ2n) is 3.26. The summed E-state index contributed by atoms with van der Waals surface area (Å²) in [5, 5.41) is 0. The maximum absolute atomic E-state index is 5.55. The molecule has 0 saturated carbocycles. The standard InChI is InChI=1S/C11H18N2O/c1-4-14-11-6-5-10(7-9(11)2)13(3)8-12/h5-7H,4,8,12H2,1-3H3. The first-order chi connectivity index (χ1) is 6.69. The van der Waals surface area contributed by atoms with Crippen LogP contribution in [0.1, 0.15) is 12.5 Å². The van der Waals surface area contributed by atoms with Crippen molar-refractivity contribution in [1.29, 1.82) is 0 Å². The number of nitrogens with zero attached hydrogens (tertiary/aromatic N) is 1. The number of nitrogens with two attached hydrogens (primary N) is 1. The zero-order valence-corrected chi connectivity index (χ0v) is 9.08. The van der Waals surface area contributed by atoms with Crippen molar-refractivity contribution in [3.63, 3.8) is 0 Å². The van der Waals surface area contributed by atoms with Crippen LogP contribution < -0.4 is 15.4 Å². The molecule has 0 aliphatic rings. The molecule has 0 fully saturated rings. The van der Waals surface area contributed by atoms with Crippen molar-refractivity contribution in [1.82, 2.24) is 0 Å². The van der Waals surface area contributed by atoms with Crippen molar-refractivity contribution < 1.29 is 4.74 Å². The van der Waals surface area contributed by atoms with Gasteiger partial charge < -0.3 is 15.4 Å². The Morgan fingerprint density at radius 3 is 2.64 bits per heavy atom. The first-order valence-electron chi connectivity index (χ1n) is 4.83. The normalized spacial score (nSPS) is 10.0. The van der Waals surface area contributed by atoms with Crippen LogP contribution >= 0.6 is 0 Å². The van der Waals surface area contributed by atoms with Crippen LogP contribution in [0.15, 0.2) is 18.2 Å². The van der Waals surface area contributed by atoms with Crippen LogP contribution in [0.4, 0.5) is 5.69 Å². The summed E-state index contributed by atoms with van der Waals surface area (Å²) in [5.74, 6) is 0.946. The van der Waals surface area contributed by atoms with Crippen LogP contribution in [0.2, 0.25) is 0 Å². The maximum Gasteiger partial charge on any atom is 0.122 e. The molecule has 0 aliphatic carbocycles. The Morgan fingerprint density at radius 2 is 2.14 bits per heavy atom. The van der Waals surface area contributed by atoms with Gasteiger partial charge in [-0.15, -0.1) is 0 Å². The van der Waals surface area contributed by atoms with E-state index in [4.69, 9.17) is 10.5 Å². The van der Waals surface area contributed by atoms with E-state index in [0.29, 0.717) is 13.3 Å². The highest BCUT2D eigenvalue weighted by molar-refractivity contribution is 5.52. The highest BCUT2D eigenvalue weighted by atomic mass is 16.5. The average Bonchev–Trinajstić information content (AvgIpc) is 2.20. The highest BCUT2D eigenvalue weighted by Crippen LogP contribution is 2.23. The third-order valence-electron chi connectivity index (χ3n) is 2.17. The third-order valence-corrected chi connectivity index (χ3v) is 2.17. The Kier molecular flexibility index (Phi) is 3.77. The van der Waals surface area contributed by atoms with Gasteiger partial charge in [0, 0.05) is 12.7 Å². The van der Waals surface area contributed by atoms with Gasteiger partial charge in [-0.05, 0) is 37.6 Å². The molecule has 0 saturated heterocycles. The summed E-state index contributed by atoms with van der Waals surface area (Å²) >= 11 is 0. The molecule has 0 bridgehead atoms. The maximum atomic E-state index is 5.55. The molecule has 0 radical (unpaired) electrons. The van der Waals surface area contributed by atoms with Crippen LogP contribution in [-0.2, 0) is 0 Å². The number of rotatable bonds is 4. The predicted octanol–water partition coefficient (Wildman–Crippen LogP) is 1.75. The molecule has 2 N–H and O–H groups in total. The number of ether oxygens (including phenoxy) is 1. The van der Waals surface area contributed by atoms with Gasteiger partial charge in [0.25, 0.3) is 0 Å². The Balaban J connectivity index is 2.88. The number of anilines is 1. The van der Waals surface area contributed by atoms with E-state index in [2.05, 4.69) is 6.07 Å². The minimum absolute atomic E-state index is 0.521. The Hall–Kier alpha value is -1.22. The molecule has 1 aromatic rings. The lowest BCUT2D eigenvalue weighted by Crippen LogP contribution is -2.24. The minimum atomic E-state index is 0.521. The predicted molar refractivity (Wildman–Crippen MR) is 59.8 cm³/mol. The lowest BCUT2D eigenvalue weighted by Gasteiger charge is -2.18. The molecule has 3 heteroatoms. The number of hydrogen-bond donors (Lipinski definition) is 1. The second-order valence-corrected chi connectivity index (χ2v) is 3.26. The quantitative estimate of drug-likeness (QED) is 0.742. The summed E-state index contributed by atoms with van der Waals surface area (Å²) in [6, 6.07) is 6.09. The van der Waals surface area contributed by atoms with E-state index in [1.807, 2.05) is 37.9 Å². The topological polar surface area (TPSA) is 38.5 Å². The van der Waals surface area contributed by atoms with E-state index in [1.54, 1.807) is 0 Å². The molecule has 0 aliphatic heterocycles. The molecular weight excluding hydrogens is 176 g/mol. The van der Waals surface area contributed by atoms with Crippen LogP contribution in [0.5, 0.6) is 5.75 Å². The zero-order chi connectivity index (χ0) is 10.6. The molecule has 0 unspecified atom stereocenters. The van der Waals surface area contributed by atoms with Crippen molar-refractivity contribution in [2.75, 3.05) is 25.2 Å². The van der Waals surface area contributed by atoms with Gasteiger partial charge in [0.15, 0.2) is 0 Å². The van der Waals surface area contributed by atoms with Crippen LogP contribution in [0.3, 0.4) is 0 Å². The Morgan fingerprint density at radius 1 is 1.43 bits per heavy atom. The molecule has 78 valence electrons. The van der Waals surface area contributed by atoms with Gasteiger partial charge in [0.2, 0.25) is 0 Å². The van der Waals surface area contributed by atoms with Gasteiger partial charge in [0.1, 0.15) is 5.75 Å². The Labute approximate surface area is 85.5 Å². The fourth-order valence-corrected chi connectivity index (χ4v) is 1.29. The number of aryl methyl sites for hydroxylation is 1. The summed E-state index contributed by atoms with van der Waals surface area (Å²) in [4.78, 5) is 1.99. The fraction of sp³-hybridized carbons (Fsp3) is 0.455. The molecule has 1 aromatic carbocycles. The van der Waals surface area contributed by atoms with Crippen molar-refractivity contribution in [2.24, 2.45) is 5.73 Å². The fourth-order valence-electron chi connectivity index (χ4n) is 1.29.